The molecular formula is C16H22BrClN2O. The number of amides is 1. The molecule has 1 amide bonds. The summed E-state index contributed by atoms with van der Waals surface area (Å²) in [5, 5.41) is 6.71. The zero-order chi connectivity index (χ0) is 14.2. The molecule has 1 saturated carbocycles. The monoisotopic (exact) mass is 372 g/mol. The fraction of sp³-hybridized carbons (Fsp3) is 0.562. The Kier molecular flexibility index (Phi) is 5.33. The summed E-state index contributed by atoms with van der Waals surface area (Å²) in [6, 6.07) is 8.80. The summed E-state index contributed by atoms with van der Waals surface area (Å²) in [6.07, 6.45) is 4.14. The number of benzene rings is 1. The van der Waals surface area contributed by atoms with E-state index in [-0.39, 0.29) is 29.8 Å². The first kappa shape index (κ1) is 16.8. The van der Waals surface area contributed by atoms with Gasteiger partial charge in [-0.1, -0.05) is 28.1 Å². The van der Waals surface area contributed by atoms with E-state index in [0.29, 0.717) is 6.04 Å². The van der Waals surface area contributed by atoms with Crippen LogP contribution in [0.1, 0.15) is 38.2 Å². The molecule has 2 fully saturated rings. The molecule has 5 heteroatoms. The van der Waals surface area contributed by atoms with Crippen molar-refractivity contribution in [2.75, 3.05) is 6.54 Å². The van der Waals surface area contributed by atoms with Crippen LogP contribution in [0.15, 0.2) is 28.7 Å². The molecule has 2 aliphatic rings. The van der Waals surface area contributed by atoms with Crippen LogP contribution in [0.25, 0.3) is 0 Å². The second kappa shape index (κ2) is 6.67. The van der Waals surface area contributed by atoms with Crippen molar-refractivity contribution in [1.82, 2.24) is 10.6 Å². The Balaban J connectivity index is 0.00000161. The molecule has 0 aromatic heterocycles. The van der Waals surface area contributed by atoms with E-state index >= 15 is 0 Å². The first-order chi connectivity index (χ1) is 9.62. The highest BCUT2D eigenvalue weighted by Gasteiger charge is 2.51. The van der Waals surface area contributed by atoms with Gasteiger partial charge < -0.3 is 10.6 Å². The minimum atomic E-state index is -0.277. The van der Waals surface area contributed by atoms with Crippen LogP contribution < -0.4 is 10.6 Å². The Morgan fingerprint density at radius 3 is 2.81 bits per heavy atom. The molecule has 1 aliphatic heterocycles. The minimum absolute atomic E-state index is 0. The van der Waals surface area contributed by atoms with Gasteiger partial charge in [-0.25, -0.2) is 0 Å². The minimum Gasteiger partial charge on any atom is -0.351 e. The van der Waals surface area contributed by atoms with Crippen LogP contribution in [-0.2, 0) is 10.2 Å². The normalized spacial score (nSPS) is 26.6. The molecule has 1 aromatic carbocycles. The highest BCUT2D eigenvalue weighted by molar-refractivity contribution is 9.10. The molecule has 21 heavy (non-hydrogen) atoms. The average molecular weight is 374 g/mol. The van der Waals surface area contributed by atoms with E-state index < -0.39 is 0 Å². The molecule has 2 atom stereocenters. The van der Waals surface area contributed by atoms with Crippen molar-refractivity contribution in [3.63, 3.8) is 0 Å². The van der Waals surface area contributed by atoms with Crippen molar-refractivity contribution in [2.24, 2.45) is 0 Å². The molecule has 1 heterocycles. The van der Waals surface area contributed by atoms with E-state index in [1.807, 2.05) is 12.1 Å². The van der Waals surface area contributed by atoms with E-state index in [0.717, 1.165) is 42.3 Å². The van der Waals surface area contributed by atoms with Gasteiger partial charge in [0.25, 0.3) is 0 Å². The summed E-state index contributed by atoms with van der Waals surface area (Å²) in [7, 11) is 0. The Morgan fingerprint density at radius 2 is 2.19 bits per heavy atom. The Morgan fingerprint density at radius 1 is 1.43 bits per heavy atom. The molecule has 116 valence electrons. The largest absolute Gasteiger partial charge is 0.351 e. The number of piperidine rings is 1. The van der Waals surface area contributed by atoms with E-state index in [1.165, 1.54) is 0 Å². The maximum atomic E-state index is 12.7. The van der Waals surface area contributed by atoms with Gasteiger partial charge in [0, 0.05) is 16.6 Å². The van der Waals surface area contributed by atoms with E-state index in [4.69, 9.17) is 0 Å². The summed E-state index contributed by atoms with van der Waals surface area (Å²) < 4.78 is 1.04. The molecule has 2 N–H and O–H groups in total. The number of nitrogens with one attached hydrogen (secondary N) is 2. The van der Waals surface area contributed by atoms with Crippen LogP contribution in [-0.4, -0.2) is 24.5 Å². The third-order valence-corrected chi connectivity index (χ3v) is 5.13. The molecule has 0 radical (unpaired) electrons. The lowest BCUT2D eigenvalue weighted by Gasteiger charge is -2.32. The van der Waals surface area contributed by atoms with Crippen LogP contribution in [0.2, 0.25) is 0 Å². The van der Waals surface area contributed by atoms with Crippen molar-refractivity contribution >= 4 is 34.2 Å². The number of carbonyl (C=O) groups excluding carboxylic acids is 1. The van der Waals surface area contributed by atoms with Crippen LogP contribution in [0.3, 0.4) is 0 Å². The highest BCUT2D eigenvalue weighted by atomic mass is 79.9. The van der Waals surface area contributed by atoms with Gasteiger partial charge in [0.05, 0.1) is 5.41 Å². The molecule has 3 nitrogen and oxygen atoms in total. The zero-order valence-electron chi connectivity index (χ0n) is 12.2. The molecule has 0 bridgehead atoms. The Hall–Kier alpha value is -0.580. The number of rotatable bonds is 3. The standard InChI is InChI=1S/C16H21BrN2O.ClH/c1-11-14(6-3-9-18-11)19-15(20)16(7-8-16)12-4-2-5-13(17)10-12;/h2,4-5,10-11,14,18H,3,6-9H2,1H3,(H,19,20);1H. The first-order valence-electron chi connectivity index (χ1n) is 7.42. The maximum absolute atomic E-state index is 12.7. The summed E-state index contributed by atoms with van der Waals surface area (Å²) in [6.45, 7) is 3.22. The Bertz CT molecular complexity index is 519. The lowest BCUT2D eigenvalue weighted by molar-refractivity contribution is -0.124. The summed E-state index contributed by atoms with van der Waals surface area (Å²) in [4.78, 5) is 12.7. The zero-order valence-corrected chi connectivity index (χ0v) is 14.6. The maximum Gasteiger partial charge on any atom is 0.230 e. The predicted octanol–water partition coefficient (Wildman–Crippen LogP) is 3.16. The molecule has 1 aromatic rings. The molecule has 1 aliphatic carbocycles. The quantitative estimate of drug-likeness (QED) is 0.854. The molecule has 3 rings (SSSR count). The van der Waals surface area contributed by atoms with Crippen LogP contribution >= 0.6 is 28.3 Å². The first-order valence-corrected chi connectivity index (χ1v) is 8.21. The van der Waals surface area contributed by atoms with Crippen molar-refractivity contribution in [3.8, 4) is 0 Å². The van der Waals surface area contributed by atoms with Crippen molar-refractivity contribution in [3.05, 3.63) is 34.3 Å². The average Bonchev–Trinajstić information content (AvgIpc) is 3.23. The third kappa shape index (κ3) is 3.43. The van der Waals surface area contributed by atoms with Crippen molar-refractivity contribution < 1.29 is 4.79 Å². The van der Waals surface area contributed by atoms with Crippen LogP contribution in [0, 0.1) is 0 Å². The van der Waals surface area contributed by atoms with Crippen molar-refractivity contribution in [1.29, 1.82) is 0 Å². The van der Waals surface area contributed by atoms with Gasteiger partial charge in [0.1, 0.15) is 0 Å². The van der Waals surface area contributed by atoms with Gasteiger partial charge in [-0.2, -0.15) is 0 Å². The van der Waals surface area contributed by atoms with Gasteiger partial charge in [-0.15, -0.1) is 12.4 Å². The second-order valence-corrected chi connectivity index (χ2v) is 6.97. The van der Waals surface area contributed by atoms with Gasteiger partial charge >= 0.3 is 0 Å². The van der Waals surface area contributed by atoms with E-state index in [9.17, 15) is 4.79 Å². The van der Waals surface area contributed by atoms with Crippen molar-refractivity contribution in [2.45, 2.75) is 50.1 Å². The van der Waals surface area contributed by atoms with Crippen LogP contribution in [0.4, 0.5) is 0 Å². The summed E-state index contributed by atoms with van der Waals surface area (Å²) in [5.74, 6) is 0.205. The van der Waals surface area contributed by atoms with Gasteiger partial charge in [-0.3, -0.25) is 4.79 Å². The highest BCUT2D eigenvalue weighted by Crippen LogP contribution is 2.49. The number of halogens is 2. The fourth-order valence-corrected chi connectivity index (χ4v) is 3.50. The topological polar surface area (TPSA) is 41.1 Å². The third-order valence-electron chi connectivity index (χ3n) is 4.64. The lowest BCUT2D eigenvalue weighted by atomic mass is 9.93. The fourth-order valence-electron chi connectivity index (χ4n) is 3.11. The SMILES string of the molecule is CC1NCCCC1NC(=O)C1(c2cccc(Br)c2)CC1.Cl. The summed E-state index contributed by atoms with van der Waals surface area (Å²) in [5.41, 5.74) is 0.863. The van der Waals surface area contributed by atoms with Crippen LogP contribution in [0.5, 0.6) is 0 Å². The summed E-state index contributed by atoms with van der Waals surface area (Å²) >= 11 is 3.50. The molecular weight excluding hydrogens is 352 g/mol. The van der Waals surface area contributed by atoms with Gasteiger partial charge in [0.2, 0.25) is 5.91 Å². The molecule has 2 unspecified atom stereocenters. The molecule has 0 spiro atoms. The smallest absolute Gasteiger partial charge is 0.230 e. The number of hydrogen-bond donors (Lipinski definition) is 2. The lowest BCUT2D eigenvalue weighted by Crippen LogP contribution is -2.53. The molecule has 1 saturated heterocycles. The van der Waals surface area contributed by atoms with E-state index in [1.54, 1.807) is 0 Å². The number of carbonyl (C=O) groups is 1. The Labute approximate surface area is 140 Å². The second-order valence-electron chi connectivity index (χ2n) is 6.06. The van der Waals surface area contributed by atoms with Gasteiger partial charge in [0.15, 0.2) is 0 Å². The predicted molar refractivity (Wildman–Crippen MR) is 90.9 cm³/mol. The number of hydrogen-bond acceptors (Lipinski definition) is 2. The van der Waals surface area contributed by atoms with Gasteiger partial charge in [-0.05, 0) is 56.8 Å². The van der Waals surface area contributed by atoms with E-state index in [2.05, 4.69) is 45.6 Å².